The summed E-state index contributed by atoms with van der Waals surface area (Å²) in [5, 5.41) is 3.71. The number of piperidine rings is 1. The summed E-state index contributed by atoms with van der Waals surface area (Å²) < 4.78 is 52.4. The summed E-state index contributed by atoms with van der Waals surface area (Å²) in [6, 6.07) is 7.02. The number of rotatable bonds is 5. The van der Waals surface area contributed by atoms with Crippen LogP contribution in [0.25, 0.3) is 10.9 Å². The van der Waals surface area contributed by atoms with Crippen molar-refractivity contribution in [3.63, 3.8) is 0 Å². The van der Waals surface area contributed by atoms with Crippen LogP contribution in [0.1, 0.15) is 37.9 Å². The lowest BCUT2D eigenvalue weighted by Crippen LogP contribution is -2.43. The van der Waals surface area contributed by atoms with Gasteiger partial charge in [0.15, 0.2) is 5.82 Å². The average molecular weight is 382 g/mol. The molecule has 9 heteroatoms. The summed E-state index contributed by atoms with van der Waals surface area (Å²) in [5.74, 6) is -0.116. The molecule has 0 amide bonds. The molecule has 2 fully saturated rings. The van der Waals surface area contributed by atoms with E-state index in [1.165, 1.54) is 0 Å². The second kappa shape index (κ2) is 6.70. The molecule has 0 radical (unpaired) electrons. The Balaban J connectivity index is 1.51. The molecule has 0 bridgehead atoms. The number of hydrogen-bond acceptors (Lipinski definition) is 5. The van der Waals surface area contributed by atoms with Crippen molar-refractivity contribution in [3.05, 3.63) is 30.1 Å². The number of aromatic nitrogens is 2. The molecule has 26 heavy (non-hydrogen) atoms. The van der Waals surface area contributed by atoms with E-state index in [1.807, 2.05) is 6.07 Å². The number of alkyl halides is 2. The minimum atomic E-state index is -3.16. The van der Waals surface area contributed by atoms with Gasteiger partial charge in [0.2, 0.25) is 10.0 Å². The number of benzene rings is 1. The standard InChI is InChI=1S/C17H20F2N4O2S/c18-15(19)17-21-14-4-2-1-3-13(14)16(22-17)20-11-7-9-23(10-8-11)26(24,25)12-5-6-12/h1-4,11-12,15H,5-10H2,(H,20,21,22). The lowest BCUT2D eigenvalue weighted by atomic mass is 10.1. The van der Waals surface area contributed by atoms with Crippen LogP contribution >= 0.6 is 0 Å². The van der Waals surface area contributed by atoms with E-state index in [-0.39, 0.29) is 11.3 Å². The minimum absolute atomic E-state index is 0.00974. The molecular formula is C17H20F2N4O2S. The zero-order chi connectivity index (χ0) is 18.3. The van der Waals surface area contributed by atoms with E-state index in [9.17, 15) is 17.2 Å². The first-order chi connectivity index (χ1) is 12.4. The summed E-state index contributed by atoms with van der Waals surface area (Å²) in [6.45, 7) is 0.891. The first kappa shape index (κ1) is 17.5. The molecular weight excluding hydrogens is 362 g/mol. The largest absolute Gasteiger partial charge is 0.367 e. The Labute approximate surface area is 150 Å². The van der Waals surface area contributed by atoms with Gasteiger partial charge >= 0.3 is 0 Å². The maximum atomic E-state index is 13.1. The third-order valence-electron chi connectivity index (χ3n) is 4.92. The predicted molar refractivity (Wildman–Crippen MR) is 94.7 cm³/mol. The molecule has 6 nitrogen and oxygen atoms in total. The van der Waals surface area contributed by atoms with Crippen LogP contribution in [-0.4, -0.2) is 47.1 Å². The van der Waals surface area contributed by atoms with Gasteiger partial charge < -0.3 is 5.32 Å². The lowest BCUT2D eigenvalue weighted by molar-refractivity contribution is 0.141. The number of hydrogen-bond donors (Lipinski definition) is 1. The fourth-order valence-electron chi connectivity index (χ4n) is 3.33. The number of nitrogens with one attached hydrogen (secondary N) is 1. The summed E-state index contributed by atoms with van der Waals surface area (Å²) in [4.78, 5) is 7.91. The fourth-order valence-corrected chi connectivity index (χ4v) is 5.20. The fraction of sp³-hybridized carbons (Fsp3) is 0.529. The van der Waals surface area contributed by atoms with Crippen molar-refractivity contribution in [3.8, 4) is 0 Å². The molecule has 1 saturated heterocycles. The molecule has 1 aliphatic carbocycles. The van der Waals surface area contributed by atoms with E-state index in [1.54, 1.807) is 22.5 Å². The lowest BCUT2D eigenvalue weighted by Gasteiger charge is -2.32. The van der Waals surface area contributed by atoms with Gasteiger partial charge in [-0.3, -0.25) is 0 Å². The first-order valence-electron chi connectivity index (χ1n) is 8.75. The third kappa shape index (κ3) is 3.37. The normalized spacial score (nSPS) is 20.0. The van der Waals surface area contributed by atoms with Crippen molar-refractivity contribution in [1.29, 1.82) is 0 Å². The zero-order valence-corrected chi connectivity index (χ0v) is 14.9. The van der Waals surface area contributed by atoms with Crippen LogP contribution in [0.3, 0.4) is 0 Å². The second-order valence-corrected chi connectivity index (χ2v) is 9.02. The highest BCUT2D eigenvalue weighted by Gasteiger charge is 2.41. The van der Waals surface area contributed by atoms with Crippen LogP contribution in [0.4, 0.5) is 14.6 Å². The Hall–Kier alpha value is -1.87. The van der Waals surface area contributed by atoms with E-state index < -0.39 is 22.3 Å². The van der Waals surface area contributed by atoms with Crippen LogP contribution in [0.15, 0.2) is 24.3 Å². The number of para-hydroxylation sites is 1. The Morgan fingerprint density at radius 2 is 1.77 bits per heavy atom. The molecule has 140 valence electrons. The zero-order valence-electron chi connectivity index (χ0n) is 14.1. The number of fused-ring (bicyclic) bond motifs is 1. The van der Waals surface area contributed by atoms with Gasteiger partial charge in [-0.05, 0) is 37.8 Å². The van der Waals surface area contributed by atoms with E-state index >= 15 is 0 Å². The summed E-state index contributed by atoms with van der Waals surface area (Å²) in [5.41, 5.74) is 0.467. The third-order valence-corrected chi connectivity index (χ3v) is 7.31. The number of sulfonamides is 1. The molecule has 0 atom stereocenters. The van der Waals surface area contributed by atoms with E-state index in [0.29, 0.717) is 42.7 Å². The maximum absolute atomic E-state index is 13.1. The summed E-state index contributed by atoms with van der Waals surface area (Å²) in [7, 11) is -3.16. The summed E-state index contributed by atoms with van der Waals surface area (Å²) >= 11 is 0. The Bertz CT molecular complexity index is 910. The van der Waals surface area contributed by atoms with E-state index in [4.69, 9.17) is 0 Å². The topological polar surface area (TPSA) is 75.2 Å². The van der Waals surface area contributed by atoms with Crippen LogP contribution in [0.2, 0.25) is 0 Å². The monoisotopic (exact) mass is 382 g/mol. The predicted octanol–water partition coefficient (Wildman–Crippen LogP) is 2.94. The molecule has 1 aliphatic heterocycles. The van der Waals surface area contributed by atoms with Gasteiger partial charge in [-0.15, -0.1) is 0 Å². The molecule has 0 unspecified atom stereocenters. The second-order valence-electron chi connectivity index (χ2n) is 6.81. The molecule has 0 spiro atoms. The molecule has 2 aliphatic rings. The van der Waals surface area contributed by atoms with E-state index in [2.05, 4.69) is 15.3 Å². The number of anilines is 1. The molecule has 1 saturated carbocycles. The Morgan fingerprint density at radius 3 is 2.42 bits per heavy atom. The van der Waals surface area contributed by atoms with Gasteiger partial charge in [-0.2, -0.15) is 0 Å². The highest BCUT2D eigenvalue weighted by molar-refractivity contribution is 7.90. The van der Waals surface area contributed by atoms with Crippen molar-refractivity contribution >= 4 is 26.7 Å². The summed E-state index contributed by atoms with van der Waals surface area (Å²) in [6.07, 6.45) is 0.00156. The van der Waals surface area contributed by atoms with Crippen LogP contribution < -0.4 is 5.32 Å². The Kier molecular flexibility index (Phi) is 4.52. The molecule has 1 aromatic carbocycles. The number of nitrogens with zero attached hydrogens (tertiary/aromatic N) is 3. The molecule has 1 N–H and O–H groups in total. The van der Waals surface area contributed by atoms with Gasteiger partial charge in [-0.1, -0.05) is 12.1 Å². The van der Waals surface area contributed by atoms with Crippen LogP contribution in [-0.2, 0) is 10.0 Å². The molecule has 2 heterocycles. The van der Waals surface area contributed by atoms with Gasteiger partial charge in [0, 0.05) is 24.5 Å². The van der Waals surface area contributed by atoms with Crippen molar-refractivity contribution in [2.24, 2.45) is 0 Å². The van der Waals surface area contributed by atoms with Crippen molar-refractivity contribution in [2.45, 2.75) is 43.4 Å². The van der Waals surface area contributed by atoms with Gasteiger partial charge in [0.05, 0.1) is 10.8 Å². The minimum Gasteiger partial charge on any atom is -0.367 e. The maximum Gasteiger partial charge on any atom is 0.297 e. The first-order valence-corrected chi connectivity index (χ1v) is 10.3. The highest BCUT2D eigenvalue weighted by Crippen LogP contribution is 2.33. The van der Waals surface area contributed by atoms with Gasteiger partial charge in [-0.25, -0.2) is 31.5 Å². The highest BCUT2D eigenvalue weighted by atomic mass is 32.2. The smallest absolute Gasteiger partial charge is 0.297 e. The van der Waals surface area contributed by atoms with Crippen LogP contribution in [0, 0.1) is 0 Å². The van der Waals surface area contributed by atoms with Gasteiger partial charge in [0.1, 0.15) is 5.82 Å². The SMILES string of the molecule is O=S(=O)(C1CC1)N1CCC(Nc2nc(C(F)F)nc3ccccc23)CC1. The molecule has 2 aromatic rings. The molecule has 1 aromatic heterocycles. The number of halogens is 2. The van der Waals surface area contributed by atoms with Crippen molar-refractivity contribution in [2.75, 3.05) is 18.4 Å². The van der Waals surface area contributed by atoms with Crippen molar-refractivity contribution < 1.29 is 17.2 Å². The van der Waals surface area contributed by atoms with Gasteiger partial charge in [0.25, 0.3) is 6.43 Å². The quantitative estimate of drug-likeness (QED) is 0.861. The van der Waals surface area contributed by atoms with E-state index in [0.717, 1.165) is 12.8 Å². The molecule has 4 rings (SSSR count). The van der Waals surface area contributed by atoms with Crippen molar-refractivity contribution in [1.82, 2.24) is 14.3 Å². The Morgan fingerprint density at radius 1 is 1.08 bits per heavy atom. The average Bonchev–Trinajstić information content (AvgIpc) is 3.48. The van der Waals surface area contributed by atoms with Crippen LogP contribution in [0.5, 0.6) is 0 Å².